The maximum absolute atomic E-state index is 10.6. The first-order valence-corrected chi connectivity index (χ1v) is 6.97. The van der Waals surface area contributed by atoms with Crippen LogP contribution in [0.3, 0.4) is 0 Å². The number of benzene rings is 3. The van der Waals surface area contributed by atoms with E-state index in [9.17, 15) is 4.79 Å². The third kappa shape index (κ3) is 2.95. The molecule has 21 heavy (non-hydrogen) atoms. The van der Waals surface area contributed by atoms with Crippen molar-refractivity contribution in [3.05, 3.63) is 77.9 Å². The zero-order valence-electron chi connectivity index (χ0n) is 11.8. The average Bonchev–Trinajstić information content (AvgIpc) is 2.55. The third-order valence-corrected chi connectivity index (χ3v) is 3.57. The first-order valence-electron chi connectivity index (χ1n) is 6.97. The molecular formula is C19H16O2. The number of aldehydes is 1. The zero-order valence-corrected chi connectivity index (χ0v) is 11.8. The van der Waals surface area contributed by atoms with Gasteiger partial charge in [0.1, 0.15) is 18.1 Å². The molecule has 0 radical (unpaired) electrons. The minimum absolute atomic E-state index is 0.0447. The standard InChI is InChI=1S/C19H16O2/c1-14(21-19-10-6-15(13-20)7-11-19)17-9-8-16-4-2-3-5-18(16)12-17/h2-14H,1H3. The van der Waals surface area contributed by atoms with Crippen LogP contribution in [0.1, 0.15) is 28.9 Å². The van der Waals surface area contributed by atoms with E-state index in [1.165, 1.54) is 10.8 Å². The van der Waals surface area contributed by atoms with Crippen molar-refractivity contribution in [2.75, 3.05) is 0 Å². The van der Waals surface area contributed by atoms with Crippen molar-refractivity contribution in [2.45, 2.75) is 13.0 Å². The Labute approximate surface area is 124 Å². The molecule has 0 N–H and O–H groups in total. The van der Waals surface area contributed by atoms with Crippen LogP contribution in [-0.2, 0) is 0 Å². The summed E-state index contributed by atoms with van der Waals surface area (Å²) in [5.41, 5.74) is 1.79. The normalized spacial score (nSPS) is 12.0. The number of rotatable bonds is 4. The lowest BCUT2D eigenvalue weighted by Crippen LogP contribution is -2.03. The molecule has 0 aliphatic carbocycles. The maximum Gasteiger partial charge on any atom is 0.150 e. The molecule has 3 rings (SSSR count). The molecule has 3 aromatic carbocycles. The number of fused-ring (bicyclic) bond motifs is 1. The smallest absolute Gasteiger partial charge is 0.150 e. The van der Waals surface area contributed by atoms with E-state index in [0.29, 0.717) is 5.56 Å². The summed E-state index contributed by atoms with van der Waals surface area (Å²) in [5, 5.41) is 2.44. The Morgan fingerprint density at radius 3 is 2.33 bits per heavy atom. The number of hydrogen-bond donors (Lipinski definition) is 0. The van der Waals surface area contributed by atoms with E-state index in [1.807, 2.05) is 31.2 Å². The van der Waals surface area contributed by atoms with Gasteiger partial charge < -0.3 is 4.74 Å². The molecule has 3 aromatic rings. The highest BCUT2D eigenvalue weighted by Crippen LogP contribution is 2.25. The molecule has 2 nitrogen and oxygen atoms in total. The number of carbonyl (C=O) groups excluding carboxylic acids is 1. The molecule has 0 fully saturated rings. The highest BCUT2D eigenvalue weighted by Gasteiger charge is 2.08. The monoisotopic (exact) mass is 276 g/mol. The number of ether oxygens (including phenoxy) is 1. The van der Waals surface area contributed by atoms with Crippen LogP contribution in [0.5, 0.6) is 5.75 Å². The molecular weight excluding hydrogens is 260 g/mol. The Kier molecular flexibility index (Phi) is 3.69. The molecule has 0 aromatic heterocycles. The van der Waals surface area contributed by atoms with E-state index in [1.54, 1.807) is 12.1 Å². The maximum atomic E-state index is 10.6. The molecule has 0 aliphatic heterocycles. The molecule has 0 amide bonds. The van der Waals surface area contributed by atoms with Crippen molar-refractivity contribution in [1.82, 2.24) is 0 Å². The molecule has 0 saturated heterocycles. The van der Waals surface area contributed by atoms with Gasteiger partial charge in [-0.15, -0.1) is 0 Å². The van der Waals surface area contributed by atoms with Crippen molar-refractivity contribution < 1.29 is 9.53 Å². The van der Waals surface area contributed by atoms with Gasteiger partial charge in [0, 0.05) is 5.56 Å². The van der Waals surface area contributed by atoms with E-state index in [4.69, 9.17) is 4.74 Å². The lowest BCUT2D eigenvalue weighted by Gasteiger charge is -2.15. The van der Waals surface area contributed by atoms with Gasteiger partial charge in [-0.25, -0.2) is 0 Å². The fraction of sp³-hybridized carbons (Fsp3) is 0.105. The summed E-state index contributed by atoms with van der Waals surface area (Å²) in [4.78, 5) is 10.6. The van der Waals surface area contributed by atoms with Crippen molar-refractivity contribution in [2.24, 2.45) is 0 Å². The van der Waals surface area contributed by atoms with Gasteiger partial charge in [0.25, 0.3) is 0 Å². The number of carbonyl (C=O) groups is 1. The lowest BCUT2D eigenvalue weighted by molar-refractivity contribution is 0.112. The van der Waals surface area contributed by atoms with Gasteiger partial charge in [0.2, 0.25) is 0 Å². The fourth-order valence-corrected chi connectivity index (χ4v) is 2.36. The first kappa shape index (κ1) is 13.4. The summed E-state index contributed by atoms with van der Waals surface area (Å²) in [7, 11) is 0. The second-order valence-electron chi connectivity index (χ2n) is 5.05. The minimum atomic E-state index is -0.0447. The van der Waals surface area contributed by atoms with Gasteiger partial charge in [-0.1, -0.05) is 36.4 Å². The minimum Gasteiger partial charge on any atom is -0.486 e. The third-order valence-electron chi connectivity index (χ3n) is 3.57. The second-order valence-corrected chi connectivity index (χ2v) is 5.05. The van der Waals surface area contributed by atoms with E-state index >= 15 is 0 Å². The molecule has 0 aliphatic rings. The summed E-state index contributed by atoms with van der Waals surface area (Å²) in [6.45, 7) is 2.03. The van der Waals surface area contributed by atoms with Crippen molar-refractivity contribution in [1.29, 1.82) is 0 Å². The molecule has 2 heteroatoms. The molecule has 0 saturated carbocycles. The molecule has 1 atom stereocenters. The molecule has 0 bridgehead atoms. The molecule has 0 spiro atoms. The summed E-state index contributed by atoms with van der Waals surface area (Å²) < 4.78 is 5.93. The summed E-state index contributed by atoms with van der Waals surface area (Å²) in [6, 6.07) is 21.8. The van der Waals surface area contributed by atoms with Crippen LogP contribution >= 0.6 is 0 Å². The van der Waals surface area contributed by atoms with Crippen LogP contribution in [0.15, 0.2) is 66.7 Å². The highest BCUT2D eigenvalue weighted by molar-refractivity contribution is 5.83. The Morgan fingerprint density at radius 1 is 0.905 bits per heavy atom. The fourth-order valence-electron chi connectivity index (χ4n) is 2.36. The van der Waals surface area contributed by atoms with Crippen molar-refractivity contribution in [3.8, 4) is 5.75 Å². The molecule has 1 unspecified atom stereocenters. The Bertz CT molecular complexity index is 760. The van der Waals surface area contributed by atoms with E-state index < -0.39 is 0 Å². The van der Waals surface area contributed by atoms with Crippen molar-refractivity contribution >= 4 is 17.1 Å². The van der Waals surface area contributed by atoms with Gasteiger partial charge in [-0.2, -0.15) is 0 Å². The Hall–Kier alpha value is -2.61. The number of hydrogen-bond acceptors (Lipinski definition) is 2. The Balaban J connectivity index is 1.82. The summed E-state index contributed by atoms with van der Waals surface area (Å²) in [5.74, 6) is 0.765. The average molecular weight is 276 g/mol. The largest absolute Gasteiger partial charge is 0.486 e. The molecule has 0 heterocycles. The molecule has 104 valence electrons. The van der Waals surface area contributed by atoms with E-state index in [0.717, 1.165) is 17.6 Å². The zero-order chi connectivity index (χ0) is 14.7. The van der Waals surface area contributed by atoms with Gasteiger partial charge in [0.05, 0.1) is 0 Å². The van der Waals surface area contributed by atoms with Crippen LogP contribution in [0.2, 0.25) is 0 Å². The second kappa shape index (κ2) is 5.80. The lowest BCUT2D eigenvalue weighted by atomic mass is 10.0. The highest BCUT2D eigenvalue weighted by atomic mass is 16.5. The van der Waals surface area contributed by atoms with Gasteiger partial charge in [-0.05, 0) is 53.6 Å². The van der Waals surface area contributed by atoms with Crippen LogP contribution in [0.25, 0.3) is 10.8 Å². The Morgan fingerprint density at radius 2 is 1.62 bits per heavy atom. The predicted molar refractivity (Wildman–Crippen MR) is 84.8 cm³/mol. The van der Waals surface area contributed by atoms with Crippen LogP contribution in [0.4, 0.5) is 0 Å². The van der Waals surface area contributed by atoms with Gasteiger partial charge >= 0.3 is 0 Å². The summed E-state index contributed by atoms with van der Waals surface area (Å²) in [6.07, 6.45) is 0.785. The van der Waals surface area contributed by atoms with E-state index in [2.05, 4.69) is 30.3 Å². The van der Waals surface area contributed by atoms with Crippen LogP contribution in [-0.4, -0.2) is 6.29 Å². The van der Waals surface area contributed by atoms with Crippen LogP contribution < -0.4 is 4.74 Å². The van der Waals surface area contributed by atoms with Gasteiger partial charge in [0.15, 0.2) is 0 Å². The quantitative estimate of drug-likeness (QED) is 0.640. The summed E-state index contributed by atoms with van der Waals surface area (Å²) >= 11 is 0. The van der Waals surface area contributed by atoms with Crippen LogP contribution in [0, 0.1) is 0 Å². The first-order chi connectivity index (χ1) is 10.3. The van der Waals surface area contributed by atoms with Crippen molar-refractivity contribution in [3.63, 3.8) is 0 Å². The predicted octanol–water partition coefficient (Wildman–Crippen LogP) is 4.79. The van der Waals surface area contributed by atoms with E-state index in [-0.39, 0.29) is 6.10 Å². The van der Waals surface area contributed by atoms with Gasteiger partial charge in [-0.3, -0.25) is 4.79 Å². The SMILES string of the molecule is CC(Oc1ccc(C=O)cc1)c1ccc2ccccc2c1. The topological polar surface area (TPSA) is 26.3 Å².